The summed E-state index contributed by atoms with van der Waals surface area (Å²) in [7, 11) is 0. The van der Waals surface area contributed by atoms with Crippen molar-refractivity contribution in [1.29, 1.82) is 0 Å². The molecule has 0 radical (unpaired) electrons. The fraction of sp³-hybridized carbons (Fsp3) is 1.00. The van der Waals surface area contributed by atoms with Gasteiger partial charge in [-0.3, -0.25) is 0 Å². The van der Waals surface area contributed by atoms with Crippen LogP contribution >= 0.6 is 0 Å². The molecule has 2 aliphatic rings. The summed E-state index contributed by atoms with van der Waals surface area (Å²) in [6.07, 6.45) is 1.31. The van der Waals surface area contributed by atoms with Crippen LogP contribution in [0.3, 0.4) is 0 Å². The summed E-state index contributed by atoms with van der Waals surface area (Å²) < 4.78 is 0. The molecule has 0 saturated heterocycles. The van der Waals surface area contributed by atoms with E-state index in [2.05, 4.69) is 13.8 Å². The largest absolute Gasteiger partial charge is 0.390 e. The molecule has 2 nitrogen and oxygen atoms in total. The Kier molecular flexibility index (Phi) is 1.45. The molecule has 2 N–H and O–H groups in total. The highest BCUT2D eigenvalue weighted by molar-refractivity contribution is 5.14. The number of aliphatic hydroxyl groups is 2. The zero-order valence-corrected chi connectivity index (χ0v) is 8.04. The van der Waals surface area contributed by atoms with Crippen molar-refractivity contribution in [3.8, 4) is 0 Å². The Balaban J connectivity index is 2.19. The lowest BCUT2D eigenvalue weighted by molar-refractivity contribution is -0.0951. The van der Waals surface area contributed by atoms with Gasteiger partial charge in [0, 0.05) is 0 Å². The van der Waals surface area contributed by atoms with Crippen molar-refractivity contribution in [2.45, 2.75) is 45.3 Å². The second kappa shape index (κ2) is 2.05. The minimum atomic E-state index is -0.838. The number of hydrogen-bond donors (Lipinski definition) is 2. The lowest BCUT2D eigenvalue weighted by Crippen LogP contribution is -2.43. The van der Waals surface area contributed by atoms with Crippen molar-refractivity contribution in [3.63, 3.8) is 0 Å². The summed E-state index contributed by atoms with van der Waals surface area (Å²) in [5, 5.41) is 19.7. The van der Waals surface area contributed by atoms with Gasteiger partial charge in [-0.15, -0.1) is 0 Å². The monoisotopic (exact) mass is 170 g/mol. The quantitative estimate of drug-likeness (QED) is 0.573. The van der Waals surface area contributed by atoms with Crippen LogP contribution in [0.25, 0.3) is 0 Å². The van der Waals surface area contributed by atoms with Gasteiger partial charge in [0.05, 0.1) is 11.7 Å². The Labute approximate surface area is 73.6 Å². The van der Waals surface area contributed by atoms with Crippen molar-refractivity contribution in [3.05, 3.63) is 0 Å². The second-order valence-corrected chi connectivity index (χ2v) is 5.29. The highest BCUT2D eigenvalue weighted by Gasteiger charge is 2.65. The number of hydrogen-bond acceptors (Lipinski definition) is 2. The van der Waals surface area contributed by atoms with Crippen LogP contribution < -0.4 is 0 Å². The molecule has 0 amide bonds. The van der Waals surface area contributed by atoms with Gasteiger partial charge in [0.25, 0.3) is 0 Å². The van der Waals surface area contributed by atoms with Gasteiger partial charge in [-0.2, -0.15) is 0 Å². The maximum Gasteiger partial charge on any atom is 0.0880 e. The van der Waals surface area contributed by atoms with E-state index in [4.69, 9.17) is 0 Å². The Bertz CT molecular complexity index is 208. The normalized spacial score (nSPS) is 56.2. The molecule has 2 fully saturated rings. The van der Waals surface area contributed by atoms with E-state index < -0.39 is 11.7 Å². The van der Waals surface area contributed by atoms with Crippen molar-refractivity contribution < 1.29 is 10.2 Å². The number of aliphatic hydroxyl groups excluding tert-OH is 1. The lowest BCUT2D eigenvalue weighted by Gasteiger charge is -2.33. The molecule has 0 unspecified atom stereocenters. The molecule has 0 aliphatic heterocycles. The average Bonchev–Trinajstić information content (AvgIpc) is 2.46. The van der Waals surface area contributed by atoms with Crippen molar-refractivity contribution in [1.82, 2.24) is 0 Å². The molecule has 2 aliphatic carbocycles. The molecule has 70 valence electrons. The van der Waals surface area contributed by atoms with E-state index in [1.54, 1.807) is 6.92 Å². The third-order valence-electron chi connectivity index (χ3n) is 4.08. The van der Waals surface area contributed by atoms with Gasteiger partial charge in [-0.05, 0) is 37.0 Å². The van der Waals surface area contributed by atoms with Crippen molar-refractivity contribution in [2.75, 3.05) is 0 Å². The first-order valence-electron chi connectivity index (χ1n) is 4.78. The highest BCUT2D eigenvalue weighted by atomic mass is 16.3. The molecule has 0 aromatic heterocycles. The predicted octanol–water partition coefficient (Wildman–Crippen LogP) is 1.16. The van der Waals surface area contributed by atoms with Gasteiger partial charge in [0.1, 0.15) is 0 Å². The van der Waals surface area contributed by atoms with Gasteiger partial charge in [-0.1, -0.05) is 13.8 Å². The summed E-state index contributed by atoms with van der Waals surface area (Å²) in [4.78, 5) is 0. The first-order chi connectivity index (χ1) is 5.37. The molecule has 0 spiro atoms. The smallest absolute Gasteiger partial charge is 0.0880 e. The highest BCUT2D eigenvalue weighted by Crippen LogP contribution is 2.66. The molecule has 2 heteroatoms. The van der Waals surface area contributed by atoms with Gasteiger partial charge in [-0.25, -0.2) is 0 Å². The Morgan fingerprint density at radius 1 is 1.25 bits per heavy atom. The molecule has 0 aromatic carbocycles. The third-order valence-corrected chi connectivity index (χ3v) is 4.08. The van der Waals surface area contributed by atoms with Crippen LogP contribution in [0.15, 0.2) is 0 Å². The van der Waals surface area contributed by atoms with Crippen LogP contribution in [0.5, 0.6) is 0 Å². The fourth-order valence-electron chi connectivity index (χ4n) is 2.95. The van der Waals surface area contributed by atoms with E-state index >= 15 is 0 Å². The summed E-state index contributed by atoms with van der Waals surface area (Å²) in [5.74, 6) is 0.981. The van der Waals surface area contributed by atoms with E-state index in [1.807, 2.05) is 0 Å². The van der Waals surface area contributed by atoms with Crippen LogP contribution in [0.4, 0.5) is 0 Å². The zero-order chi connectivity index (χ0) is 9.15. The molecule has 4 atom stereocenters. The predicted molar refractivity (Wildman–Crippen MR) is 46.6 cm³/mol. The maximum absolute atomic E-state index is 9.83. The minimum absolute atomic E-state index is 0.264. The lowest BCUT2D eigenvalue weighted by atomic mass is 9.84. The van der Waals surface area contributed by atoms with Crippen LogP contribution in [-0.2, 0) is 0 Å². The van der Waals surface area contributed by atoms with Crippen LogP contribution in [-0.4, -0.2) is 21.9 Å². The summed E-state index contributed by atoms with van der Waals surface area (Å²) in [5.41, 5.74) is -0.575. The third kappa shape index (κ3) is 0.882. The molecule has 12 heavy (non-hydrogen) atoms. The molecule has 0 aromatic rings. The van der Waals surface area contributed by atoms with E-state index in [-0.39, 0.29) is 5.41 Å². The van der Waals surface area contributed by atoms with Crippen molar-refractivity contribution in [2.24, 2.45) is 17.3 Å². The number of rotatable bonds is 0. The Hall–Kier alpha value is -0.0800. The first-order valence-corrected chi connectivity index (χ1v) is 4.78. The van der Waals surface area contributed by atoms with E-state index in [0.717, 1.165) is 12.8 Å². The molecule has 0 heterocycles. The second-order valence-electron chi connectivity index (χ2n) is 5.29. The Morgan fingerprint density at radius 3 is 2.33 bits per heavy atom. The van der Waals surface area contributed by atoms with Crippen LogP contribution in [0.1, 0.15) is 33.6 Å². The van der Waals surface area contributed by atoms with Crippen LogP contribution in [0, 0.1) is 17.3 Å². The molecule has 0 bridgehead atoms. The fourth-order valence-corrected chi connectivity index (χ4v) is 2.95. The Morgan fingerprint density at radius 2 is 1.83 bits per heavy atom. The summed E-state index contributed by atoms with van der Waals surface area (Å²) >= 11 is 0. The summed E-state index contributed by atoms with van der Waals surface area (Å²) in [6, 6.07) is 0. The van der Waals surface area contributed by atoms with Gasteiger partial charge >= 0.3 is 0 Å². The zero-order valence-electron chi connectivity index (χ0n) is 8.04. The molecule has 2 rings (SSSR count). The standard InChI is InChI=1S/C10H18O2/c1-9(2)6-4-5-10(3,12)8(11)7(6)9/h6-8,11-12H,4-5H2,1-3H3/t6-,7-,8-,10+/m1/s1. The SMILES string of the molecule is CC1(C)[C@@H]2[C@H]1CC[C@](C)(O)[C@@H]2O. The van der Waals surface area contributed by atoms with E-state index in [9.17, 15) is 10.2 Å². The minimum Gasteiger partial charge on any atom is -0.390 e. The van der Waals surface area contributed by atoms with E-state index in [0.29, 0.717) is 11.8 Å². The van der Waals surface area contributed by atoms with Crippen molar-refractivity contribution >= 4 is 0 Å². The maximum atomic E-state index is 9.83. The van der Waals surface area contributed by atoms with Crippen LogP contribution in [0.2, 0.25) is 0 Å². The van der Waals surface area contributed by atoms with Gasteiger partial charge < -0.3 is 10.2 Å². The molecular weight excluding hydrogens is 152 g/mol. The first kappa shape index (κ1) is 8.52. The van der Waals surface area contributed by atoms with Gasteiger partial charge in [0.15, 0.2) is 0 Å². The number of fused-ring (bicyclic) bond motifs is 1. The van der Waals surface area contributed by atoms with E-state index in [1.165, 1.54) is 0 Å². The molecular formula is C10H18O2. The summed E-state index contributed by atoms with van der Waals surface area (Å²) in [6.45, 7) is 6.13. The van der Waals surface area contributed by atoms with Gasteiger partial charge in [0.2, 0.25) is 0 Å². The topological polar surface area (TPSA) is 40.5 Å². The molecule has 2 saturated carbocycles. The average molecular weight is 170 g/mol.